The van der Waals surface area contributed by atoms with Crippen LogP contribution in [0.2, 0.25) is 0 Å². The summed E-state index contributed by atoms with van der Waals surface area (Å²) in [6, 6.07) is 13.0. The fourth-order valence-electron chi connectivity index (χ4n) is 5.49. The number of benzene rings is 2. The van der Waals surface area contributed by atoms with E-state index in [2.05, 4.69) is 35.3 Å². The number of aryl methyl sites for hydroxylation is 1. The molecule has 0 aliphatic carbocycles. The molecule has 1 N–H and O–H groups in total. The van der Waals surface area contributed by atoms with Crippen LogP contribution in [0.15, 0.2) is 41.2 Å². The molecule has 2 saturated heterocycles. The molecule has 2 fully saturated rings. The molecule has 3 heterocycles. The molecular formula is C25H30N2OS. The van der Waals surface area contributed by atoms with Gasteiger partial charge in [-0.3, -0.25) is 4.79 Å². The fourth-order valence-corrected chi connectivity index (χ4v) is 6.66. The first kappa shape index (κ1) is 19.1. The first-order chi connectivity index (χ1) is 14.2. The number of fused-ring (bicyclic) bond motifs is 3. The largest absolute Gasteiger partial charge is 0.384 e. The van der Waals surface area contributed by atoms with Gasteiger partial charge in [-0.2, -0.15) is 0 Å². The van der Waals surface area contributed by atoms with Crippen molar-refractivity contribution < 1.29 is 0 Å². The molecule has 2 aliphatic rings. The highest BCUT2D eigenvalue weighted by Crippen LogP contribution is 2.34. The summed E-state index contributed by atoms with van der Waals surface area (Å²) in [5, 5.41) is 5.36. The molecule has 0 spiro atoms. The highest BCUT2D eigenvalue weighted by atomic mass is 32.1. The monoisotopic (exact) mass is 406 g/mol. The SMILES string of the molecule is Cc1ccc(NCCC2CCCN3CCCCC23)c2c(=O)c3ccccc3sc12. The van der Waals surface area contributed by atoms with Crippen LogP contribution in [0.3, 0.4) is 0 Å². The zero-order valence-corrected chi connectivity index (χ0v) is 18.1. The van der Waals surface area contributed by atoms with Crippen LogP contribution >= 0.6 is 11.3 Å². The van der Waals surface area contributed by atoms with Gasteiger partial charge in [-0.1, -0.05) is 24.6 Å². The zero-order chi connectivity index (χ0) is 19.8. The van der Waals surface area contributed by atoms with E-state index in [0.29, 0.717) is 0 Å². The molecule has 3 nitrogen and oxygen atoms in total. The maximum Gasteiger partial charge on any atom is 0.197 e. The summed E-state index contributed by atoms with van der Waals surface area (Å²) in [7, 11) is 0. The minimum Gasteiger partial charge on any atom is -0.384 e. The second kappa shape index (κ2) is 8.08. The van der Waals surface area contributed by atoms with Crippen LogP contribution in [0.5, 0.6) is 0 Å². The van der Waals surface area contributed by atoms with Crippen molar-refractivity contribution >= 4 is 37.2 Å². The number of hydrogen-bond acceptors (Lipinski definition) is 4. The second-order valence-electron chi connectivity index (χ2n) is 8.78. The van der Waals surface area contributed by atoms with Crippen molar-refractivity contribution in [2.75, 3.05) is 25.0 Å². The Kier molecular flexibility index (Phi) is 5.31. The molecule has 29 heavy (non-hydrogen) atoms. The Morgan fingerprint density at radius 1 is 1.07 bits per heavy atom. The Labute approximate surface area is 176 Å². The van der Waals surface area contributed by atoms with Gasteiger partial charge in [-0.25, -0.2) is 0 Å². The molecule has 3 aromatic rings. The number of nitrogens with zero attached hydrogens (tertiary/aromatic N) is 1. The van der Waals surface area contributed by atoms with E-state index in [1.165, 1.54) is 57.2 Å². The fraction of sp³-hybridized carbons (Fsp3) is 0.480. The van der Waals surface area contributed by atoms with Crippen LogP contribution in [0.25, 0.3) is 20.2 Å². The van der Waals surface area contributed by atoms with Gasteiger partial charge in [0.1, 0.15) is 0 Å². The van der Waals surface area contributed by atoms with Gasteiger partial charge in [0.2, 0.25) is 0 Å². The van der Waals surface area contributed by atoms with Gasteiger partial charge in [-0.15, -0.1) is 11.3 Å². The summed E-state index contributed by atoms with van der Waals surface area (Å²) >= 11 is 1.74. The lowest BCUT2D eigenvalue weighted by Gasteiger charge is -2.44. The first-order valence-corrected chi connectivity index (χ1v) is 12.0. The van der Waals surface area contributed by atoms with Crippen LogP contribution in [0.1, 0.15) is 44.1 Å². The van der Waals surface area contributed by atoms with Crippen molar-refractivity contribution in [3.8, 4) is 0 Å². The van der Waals surface area contributed by atoms with Crippen molar-refractivity contribution in [1.82, 2.24) is 4.90 Å². The van der Waals surface area contributed by atoms with Crippen LogP contribution in [0, 0.1) is 12.8 Å². The Bertz CT molecular complexity index is 1090. The van der Waals surface area contributed by atoms with E-state index in [-0.39, 0.29) is 5.43 Å². The van der Waals surface area contributed by atoms with E-state index in [1.54, 1.807) is 11.3 Å². The minimum atomic E-state index is 0.164. The zero-order valence-electron chi connectivity index (χ0n) is 17.2. The van der Waals surface area contributed by atoms with E-state index in [9.17, 15) is 4.79 Å². The molecule has 0 saturated carbocycles. The third-order valence-electron chi connectivity index (χ3n) is 6.98. The Morgan fingerprint density at radius 2 is 1.93 bits per heavy atom. The minimum absolute atomic E-state index is 0.164. The average molecular weight is 407 g/mol. The lowest BCUT2D eigenvalue weighted by molar-refractivity contribution is 0.0573. The number of anilines is 1. The summed E-state index contributed by atoms with van der Waals surface area (Å²) in [6.07, 6.45) is 8.03. The maximum absolute atomic E-state index is 13.3. The third-order valence-corrected chi connectivity index (χ3v) is 8.29. The number of piperidine rings is 2. The van der Waals surface area contributed by atoms with Gasteiger partial charge in [-0.05, 0) is 81.8 Å². The topological polar surface area (TPSA) is 32.3 Å². The van der Waals surface area contributed by atoms with Crippen LogP contribution in [0.4, 0.5) is 5.69 Å². The Hall–Kier alpha value is -1.91. The molecule has 2 unspecified atom stereocenters. The molecule has 0 bridgehead atoms. The highest BCUT2D eigenvalue weighted by Gasteiger charge is 2.32. The van der Waals surface area contributed by atoms with E-state index in [1.807, 2.05) is 18.2 Å². The smallest absolute Gasteiger partial charge is 0.197 e. The molecule has 2 atom stereocenters. The summed E-state index contributed by atoms with van der Waals surface area (Å²) in [4.78, 5) is 16.0. The van der Waals surface area contributed by atoms with Crippen LogP contribution in [-0.2, 0) is 0 Å². The van der Waals surface area contributed by atoms with Gasteiger partial charge in [0.05, 0.1) is 5.39 Å². The first-order valence-electron chi connectivity index (χ1n) is 11.2. The van der Waals surface area contributed by atoms with Crippen molar-refractivity contribution in [3.05, 3.63) is 52.2 Å². The average Bonchev–Trinajstić information content (AvgIpc) is 2.76. The summed E-state index contributed by atoms with van der Waals surface area (Å²) in [5.41, 5.74) is 2.36. The Morgan fingerprint density at radius 3 is 2.86 bits per heavy atom. The van der Waals surface area contributed by atoms with E-state index in [0.717, 1.165) is 44.4 Å². The van der Waals surface area contributed by atoms with Crippen molar-refractivity contribution in [2.45, 2.75) is 51.5 Å². The maximum atomic E-state index is 13.3. The molecule has 2 aliphatic heterocycles. The van der Waals surface area contributed by atoms with Gasteiger partial charge in [0, 0.05) is 33.1 Å². The Balaban J connectivity index is 1.40. The van der Waals surface area contributed by atoms with Gasteiger partial charge >= 0.3 is 0 Å². The predicted octanol–water partition coefficient (Wildman–Crippen LogP) is 5.79. The summed E-state index contributed by atoms with van der Waals surface area (Å²) in [5.74, 6) is 0.795. The molecule has 4 heteroatoms. The molecule has 2 aromatic carbocycles. The van der Waals surface area contributed by atoms with Crippen molar-refractivity contribution in [2.24, 2.45) is 5.92 Å². The molecule has 0 amide bonds. The number of rotatable bonds is 4. The standard InChI is InChI=1S/C25H30N2OS/c1-17-11-12-20(23-24(28)19-8-2-3-10-22(19)29-25(17)23)26-14-13-18-7-6-16-27-15-5-4-9-21(18)27/h2-3,8,10-12,18,21,26H,4-7,9,13-16H2,1H3. The van der Waals surface area contributed by atoms with Crippen molar-refractivity contribution in [1.29, 1.82) is 0 Å². The molecule has 152 valence electrons. The van der Waals surface area contributed by atoms with Gasteiger partial charge in [0.25, 0.3) is 0 Å². The van der Waals surface area contributed by atoms with E-state index >= 15 is 0 Å². The number of nitrogens with one attached hydrogen (secondary N) is 1. The molecule has 5 rings (SSSR count). The van der Waals surface area contributed by atoms with Gasteiger partial charge in [0.15, 0.2) is 5.43 Å². The normalized spacial score (nSPS) is 22.7. The summed E-state index contributed by atoms with van der Waals surface area (Å²) in [6.45, 7) is 5.65. The van der Waals surface area contributed by atoms with Crippen LogP contribution in [-0.4, -0.2) is 30.6 Å². The molecule has 1 aromatic heterocycles. The summed E-state index contributed by atoms with van der Waals surface area (Å²) < 4.78 is 2.19. The quantitative estimate of drug-likeness (QED) is 0.557. The van der Waals surface area contributed by atoms with Gasteiger partial charge < -0.3 is 10.2 Å². The van der Waals surface area contributed by atoms with E-state index in [4.69, 9.17) is 0 Å². The second-order valence-corrected chi connectivity index (χ2v) is 9.83. The number of hydrogen-bond donors (Lipinski definition) is 1. The van der Waals surface area contributed by atoms with E-state index < -0.39 is 0 Å². The van der Waals surface area contributed by atoms with Crippen LogP contribution < -0.4 is 10.7 Å². The molecular weight excluding hydrogens is 376 g/mol. The lowest BCUT2D eigenvalue weighted by atomic mass is 9.81. The predicted molar refractivity (Wildman–Crippen MR) is 125 cm³/mol. The highest BCUT2D eigenvalue weighted by molar-refractivity contribution is 7.24. The molecule has 0 radical (unpaired) electrons. The van der Waals surface area contributed by atoms with Crippen molar-refractivity contribution in [3.63, 3.8) is 0 Å². The lowest BCUT2D eigenvalue weighted by Crippen LogP contribution is -2.48. The third kappa shape index (κ3) is 3.57.